The minimum atomic E-state index is -0.734. The number of benzene rings is 2. The number of nitrogens with one attached hydrogen (secondary N) is 1. The summed E-state index contributed by atoms with van der Waals surface area (Å²) in [5.41, 5.74) is 5.56. The van der Waals surface area contributed by atoms with Crippen molar-refractivity contribution in [3.8, 4) is 0 Å². The van der Waals surface area contributed by atoms with Gasteiger partial charge in [-0.15, -0.1) is 0 Å². The van der Waals surface area contributed by atoms with Crippen molar-refractivity contribution in [2.45, 2.75) is 58.3 Å². The molecule has 1 unspecified atom stereocenters. The average molecular weight is 601 g/mol. The Morgan fingerprint density at radius 2 is 1.90 bits per heavy atom. The number of fused-ring (bicyclic) bond motifs is 1. The molecule has 0 spiro atoms. The van der Waals surface area contributed by atoms with Crippen LogP contribution in [0.4, 0.5) is 9.18 Å². The quantitative estimate of drug-likeness (QED) is 0.406. The molecule has 4 amide bonds. The minimum Gasteiger partial charge on any atom is -0.444 e. The van der Waals surface area contributed by atoms with Crippen LogP contribution in [-0.4, -0.2) is 74.7 Å². The standard InChI is InChI=1S/C29H34ClFN6O5/c1-29(2,3)42-28(41)35-13-7-9-19(15-35)36(16-23(38)33-14-18-8-6-11-21(30)25(18)31)24(39)17-37-22-12-5-4-10-20(22)26(34-37)27(32)40/h4-6,8,10-12,19H,7,9,13-17H2,1-3H3,(H2,32,40)(H,33,38). The van der Waals surface area contributed by atoms with E-state index in [0.717, 1.165) is 0 Å². The van der Waals surface area contributed by atoms with Crippen molar-refractivity contribution in [3.05, 3.63) is 64.6 Å². The summed E-state index contributed by atoms with van der Waals surface area (Å²) in [6.07, 6.45) is 0.609. The summed E-state index contributed by atoms with van der Waals surface area (Å²) < 4.78 is 21.3. The molecule has 2 heterocycles. The third-order valence-corrected chi connectivity index (χ3v) is 7.10. The Kier molecular flexibility index (Phi) is 9.35. The summed E-state index contributed by atoms with van der Waals surface area (Å²) in [5, 5.41) is 7.35. The molecule has 1 aromatic heterocycles. The highest BCUT2D eigenvalue weighted by atomic mass is 35.5. The Hall–Kier alpha value is -4.19. The molecule has 3 N–H and O–H groups in total. The number of rotatable bonds is 8. The molecule has 1 atom stereocenters. The topological polar surface area (TPSA) is 140 Å². The Bertz CT molecular complexity index is 1500. The SMILES string of the molecule is CC(C)(C)OC(=O)N1CCCC(N(CC(=O)NCc2cccc(Cl)c2F)C(=O)Cn2nc(C(N)=O)c3ccccc32)C1. The van der Waals surface area contributed by atoms with Crippen LogP contribution in [0, 0.1) is 5.82 Å². The maximum absolute atomic E-state index is 14.4. The average Bonchev–Trinajstić information content (AvgIpc) is 3.30. The summed E-state index contributed by atoms with van der Waals surface area (Å²) in [4.78, 5) is 54.6. The molecular formula is C29H34ClFN6O5. The highest BCUT2D eigenvalue weighted by Gasteiger charge is 2.34. The van der Waals surface area contributed by atoms with E-state index >= 15 is 0 Å². The zero-order valence-corrected chi connectivity index (χ0v) is 24.5. The molecule has 1 saturated heterocycles. The number of aromatic nitrogens is 2. The molecule has 13 heteroatoms. The predicted molar refractivity (Wildman–Crippen MR) is 154 cm³/mol. The van der Waals surface area contributed by atoms with Gasteiger partial charge in [-0.3, -0.25) is 19.1 Å². The number of halogens is 2. The normalized spacial score (nSPS) is 15.4. The van der Waals surface area contributed by atoms with Gasteiger partial charge >= 0.3 is 6.09 Å². The van der Waals surface area contributed by atoms with E-state index in [4.69, 9.17) is 22.1 Å². The summed E-state index contributed by atoms with van der Waals surface area (Å²) in [7, 11) is 0. The van der Waals surface area contributed by atoms with Crippen molar-refractivity contribution in [1.82, 2.24) is 24.9 Å². The second-order valence-corrected chi connectivity index (χ2v) is 11.5. The number of carbonyl (C=O) groups excluding carboxylic acids is 4. The first-order valence-corrected chi connectivity index (χ1v) is 13.9. The molecule has 1 aliphatic heterocycles. The predicted octanol–water partition coefficient (Wildman–Crippen LogP) is 3.47. The van der Waals surface area contributed by atoms with E-state index in [2.05, 4.69) is 10.4 Å². The number of nitrogens with two attached hydrogens (primary N) is 1. The van der Waals surface area contributed by atoms with E-state index < -0.39 is 41.3 Å². The molecule has 1 aliphatic rings. The van der Waals surface area contributed by atoms with Crippen molar-refractivity contribution in [1.29, 1.82) is 0 Å². The van der Waals surface area contributed by atoms with Crippen molar-refractivity contribution >= 4 is 46.3 Å². The van der Waals surface area contributed by atoms with E-state index in [1.54, 1.807) is 51.1 Å². The van der Waals surface area contributed by atoms with Crippen LogP contribution in [0.25, 0.3) is 10.9 Å². The van der Waals surface area contributed by atoms with Crippen molar-refractivity contribution in [3.63, 3.8) is 0 Å². The van der Waals surface area contributed by atoms with Gasteiger partial charge in [-0.05, 0) is 45.7 Å². The third-order valence-electron chi connectivity index (χ3n) is 6.81. The fraction of sp³-hybridized carbons (Fsp3) is 0.414. The number of hydrogen-bond acceptors (Lipinski definition) is 6. The van der Waals surface area contributed by atoms with Gasteiger partial charge in [0.25, 0.3) is 5.91 Å². The third kappa shape index (κ3) is 7.35. The lowest BCUT2D eigenvalue weighted by Crippen LogP contribution is -2.55. The number of likely N-dealkylation sites (tertiary alicyclic amines) is 1. The van der Waals surface area contributed by atoms with Gasteiger partial charge in [-0.1, -0.05) is 41.9 Å². The van der Waals surface area contributed by atoms with Gasteiger partial charge in [-0.2, -0.15) is 5.10 Å². The van der Waals surface area contributed by atoms with Crippen molar-refractivity contribution < 1.29 is 28.3 Å². The van der Waals surface area contributed by atoms with Crippen molar-refractivity contribution in [2.24, 2.45) is 5.73 Å². The van der Waals surface area contributed by atoms with E-state index in [0.29, 0.717) is 30.3 Å². The van der Waals surface area contributed by atoms with Crippen LogP contribution in [0.15, 0.2) is 42.5 Å². The maximum atomic E-state index is 14.4. The van der Waals surface area contributed by atoms with Crippen LogP contribution in [0.2, 0.25) is 5.02 Å². The van der Waals surface area contributed by atoms with Crippen molar-refractivity contribution in [2.75, 3.05) is 19.6 Å². The Balaban J connectivity index is 1.57. The molecule has 4 rings (SSSR count). The largest absolute Gasteiger partial charge is 0.444 e. The Morgan fingerprint density at radius 3 is 2.62 bits per heavy atom. The van der Waals surface area contributed by atoms with E-state index in [1.165, 1.54) is 26.6 Å². The zero-order chi connectivity index (χ0) is 30.6. The van der Waals surface area contributed by atoms with Gasteiger partial charge in [0, 0.05) is 30.6 Å². The van der Waals surface area contributed by atoms with Crippen LogP contribution in [0.1, 0.15) is 49.7 Å². The van der Waals surface area contributed by atoms with Crippen LogP contribution >= 0.6 is 11.6 Å². The van der Waals surface area contributed by atoms with Crippen LogP contribution in [0.5, 0.6) is 0 Å². The fourth-order valence-electron chi connectivity index (χ4n) is 4.86. The number of hydrogen-bond donors (Lipinski definition) is 2. The summed E-state index contributed by atoms with van der Waals surface area (Å²) in [6.45, 7) is 5.14. The highest BCUT2D eigenvalue weighted by molar-refractivity contribution is 6.30. The minimum absolute atomic E-state index is 0.0278. The number of nitrogens with zero attached hydrogens (tertiary/aromatic N) is 4. The van der Waals surface area contributed by atoms with Gasteiger partial charge in [0.05, 0.1) is 23.1 Å². The molecular weight excluding hydrogens is 567 g/mol. The van der Waals surface area contributed by atoms with Gasteiger partial charge < -0.3 is 25.6 Å². The molecule has 42 heavy (non-hydrogen) atoms. The van der Waals surface area contributed by atoms with Gasteiger partial charge in [0.2, 0.25) is 11.8 Å². The summed E-state index contributed by atoms with van der Waals surface area (Å²) in [5.74, 6) is -2.36. The maximum Gasteiger partial charge on any atom is 0.410 e. The number of carbonyl (C=O) groups is 4. The first-order chi connectivity index (χ1) is 19.8. The molecule has 1 fully saturated rings. The highest BCUT2D eigenvalue weighted by Crippen LogP contribution is 2.22. The first-order valence-electron chi connectivity index (χ1n) is 13.6. The number of amides is 4. The van der Waals surface area contributed by atoms with Gasteiger partial charge in [0.15, 0.2) is 5.69 Å². The zero-order valence-electron chi connectivity index (χ0n) is 23.7. The van der Waals surface area contributed by atoms with Crippen LogP contribution < -0.4 is 11.1 Å². The molecule has 224 valence electrons. The Morgan fingerprint density at radius 1 is 1.17 bits per heavy atom. The molecule has 0 bridgehead atoms. The summed E-state index contributed by atoms with van der Waals surface area (Å²) >= 11 is 5.86. The van der Waals surface area contributed by atoms with E-state index in [9.17, 15) is 23.6 Å². The smallest absolute Gasteiger partial charge is 0.410 e. The number of para-hydroxylation sites is 1. The lowest BCUT2D eigenvalue weighted by molar-refractivity contribution is -0.140. The first kappa shape index (κ1) is 30.8. The second-order valence-electron chi connectivity index (χ2n) is 11.1. The fourth-order valence-corrected chi connectivity index (χ4v) is 5.05. The number of piperidine rings is 1. The van der Waals surface area contributed by atoms with Crippen LogP contribution in [-0.2, 0) is 27.4 Å². The monoisotopic (exact) mass is 600 g/mol. The molecule has 0 radical (unpaired) electrons. The Labute approximate surface area is 247 Å². The molecule has 11 nitrogen and oxygen atoms in total. The van der Waals surface area contributed by atoms with Gasteiger partial charge in [0.1, 0.15) is 18.0 Å². The lowest BCUT2D eigenvalue weighted by Gasteiger charge is -2.39. The van der Waals surface area contributed by atoms with E-state index in [1.807, 2.05) is 0 Å². The molecule has 0 aliphatic carbocycles. The number of ether oxygens (including phenoxy) is 1. The lowest BCUT2D eigenvalue weighted by atomic mass is 10.0. The number of primary amides is 1. The van der Waals surface area contributed by atoms with E-state index in [-0.39, 0.29) is 42.5 Å². The van der Waals surface area contributed by atoms with Gasteiger partial charge in [-0.25, -0.2) is 9.18 Å². The molecule has 2 aromatic carbocycles. The second kappa shape index (κ2) is 12.8. The summed E-state index contributed by atoms with van der Waals surface area (Å²) in [6, 6.07) is 10.8. The molecule has 3 aromatic rings. The van der Waals surface area contributed by atoms with Crippen LogP contribution in [0.3, 0.4) is 0 Å². The molecule has 0 saturated carbocycles.